The first-order chi connectivity index (χ1) is 10.1. The van der Waals surface area contributed by atoms with Crippen molar-refractivity contribution in [2.75, 3.05) is 11.4 Å². The van der Waals surface area contributed by atoms with Gasteiger partial charge in [0.25, 0.3) is 0 Å². The number of rotatable bonds is 6. The minimum Gasteiger partial charge on any atom is -0.480 e. The summed E-state index contributed by atoms with van der Waals surface area (Å²) in [6.07, 6.45) is 0.773. The maximum atomic E-state index is 12.3. The number of aromatic nitrogens is 1. The smallest absolute Gasteiger partial charge is 0.323 e. The molecule has 0 aliphatic rings. The number of carboxylic acids is 1. The van der Waals surface area contributed by atoms with Gasteiger partial charge < -0.3 is 10.0 Å². The van der Waals surface area contributed by atoms with Crippen LogP contribution in [0.25, 0.3) is 0 Å². The molecule has 0 aliphatic carbocycles. The van der Waals surface area contributed by atoms with Gasteiger partial charge in [-0.25, -0.2) is 4.98 Å². The van der Waals surface area contributed by atoms with Crippen LogP contribution in [-0.4, -0.2) is 28.5 Å². The Morgan fingerprint density at radius 1 is 1.29 bits per heavy atom. The summed E-state index contributed by atoms with van der Waals surface area (Å²) in [4.78, 5) is 28.9. The number of amides is 1. The average molecular weight is 304 g/mol. The summed E-state index contributed by atoms with van der Waals surface area (Å²) in [5.74, 6) is -1.24. The Hall–Kier alpha value is -2.21. The molecule has 1 amide bonds. The molecule has 0 spiro atoms. The van der Waals surface area contributed by atoms with Crippen LogP contribution in [0.15, 0.2) is 35.7 Å². The molecule has 21 heavy (non-hydrogen) atoms. The molecular weight excluding hydrogens is 288 g/mol. The maximum Gasteiger partial charge on any atom is 0.323 e. The van der Waals surface area contributed by atoms with E-state index >= 15 is 0 Å². The third-order valence-electron chi connectivity index (χ3n) is 2.88. The van der Waals surface area contributed by atoms with Crippen LogP contribution in [0.2, 0.25) is 0 Å². The number of anilines is 1. The summed E-state index contributed by atoms with van der Waals surface area (Å²) in [6.45, 7) is 1.57. The summed E-state index contributed by atoms with van der Waals surface area (Å²) in [5.41, 5.74) is 1.54. The fourth-order valence-corrected chi connectivity index (χ4v) is 2.71. The average Bonchev–Trinajstić information content (AvgIpc) is 2.88. The topological polar surface area (TPSA) is 70.5 Å². The third kappa shape index (κ3) is 4.39. The molecule has 6 heteroatoms. The van der Waals surface area contributed by atoms with Gasteiger partial charge in [-0.2, -0.15) is 0 Å². The first kappa shape index (κ1) is 15.2. The lowest BCUT2D eigenvalue weighted by Crippen LogP contribution is -2.35. The molecule has 0 atom stereocenters. The number of aryl methyl sites for hydroxylation is 2. The van der Waals surface area contributed by atoms with Gasteiger partial charge in [-0.1, -0.05) is 18.2 Å². The van der Waals surface area contributed by atoms with E-state index in [0.29, 0.717) is 12.1 Å². The minimum absolute atomic E-state index is 0.212. The summed E-state index contributed by atoms with van der Waals surface area (Å²) in [7, 11) is 0. The van der Waals surface area contributed by atoms with Crippen molar-refractivity contribution in [3.05, 3.63) is 46.4 Å². The van der Waals surface area contributed by atoms with Crippen molar-refractivity contribution in [2.45, 2.75) is 19.8 Å². The van der Waals surface area contributed by atoms with Gasteiger partial charge >= 0.3 is 5.97 Å². The van der Waals surface area contributed by atoms with Crippen molar-refractivity contribution in [1.82, 2.24) is 4.98 Å². The van der Waals surface area contributed by atoms with Gasteiger partial charge in [0, 0.05) is 29.6 Å². The van der Waals surface area contributed by atoms with E-state index in [1.807, 2.05) is 18.4 Å². The minimum atomic E-state index is -1.03. The highest BCUT2D eigenvalue weighted by molar-refractivity contribution is 7.09. The number of thiazole rings is 1. The number of nitrogens with zero attached hydrogens (tertiary/aromatic N) is 2. The van der Waals surface area contributed by atoms with Gasteiger partial charge in [0.05, 0.1) is 5.01 Å². The van der Waals surface area contributed by atoms with Crippen LogP contribution in [0.5, 0.6) is 0 Å². The van der Waals surface area contributed by atoms with Crippen LogP contribution in [0.4, 0.5) is 5.69 Å². The number of carboxylic acid groups (broad SMARTS) is 1. The zero-order chi connectivity index (χ0) is 15.2. The van der Waals surface area contributed by atoms with Crippen molar-refractivity contribution in [1.29, 1.82) is 0 Å². The molecule has 0 unspecified atom stereocenters. The lowest BCUT2D eigenvalue weighted by atomic mass is 10.2. The Morgan fingerprint density at radius 3 is 2.57 bits per heavy atom. The molecule has 1 heterocycles. The number of benzene rings is 1. The molecule has 2 rings (SSSR count). The zero-order valence-electron chi connectivity index (χ0n) is 11.7. The van der Waals surface area contributed by atoms with Crippen LogP contribution in [-0.2, 0) is 16.0 Å². The molecule has 0 aliphatic heterocycles. The largest absolute Gasteiger partial charge is 0.480 e. The predicted molar refractivity (Wildman–Crippen MR) is 81.6 cm³/mol. The van der Waals surface area contributed by atoms with Crippen molar-refractivity contribution < 1.29 is 14.7 Å². The first-order valence-corrected chi connectivity index (χ1v) is 7.42. The van der Waals surface area contributed by atoms with E-state index in [-0.39, 0.29) is 18.9 Å². The van der Waals surface area contributed by atoms with Gasteiger partial charge in [-0.3, -0.25) is 9.59 Å². The van der Waals surface area contributed by atoms with Crippen molar-refractivity contribution in [2.24, 2.45) is 0 Å². The molecular formula is C15H16N2O3S. The van der Waals surface area contributed by atoms with Crippen LogP contribution in [0.3, 0.4) is 0 Å². The summed E-state index contributed by atoms with van der Waals surface area (Å²) >= 11 is 1.51. The Labute approximate surface area is 126 Å². The maximum absolute atomic E-state index is 12.3. The molecule has 0 fully saturated rings. The fraction of sp³-hybridized carbons (Fsp3) is 0.267. The zero-order valence-corrected chi connectivity index (χ0v) is 12.5. The predicted octanol–water partition coefficient (Wildman–Crippen LogP) is 2.50. The third-order valence-corrected chi connectivity index (χ3v) is 3.91. The molecule has 110 valence electrons. The Kier molecular flexibility index (Phi) is 5.05. The normalized spacial score (nSPS) is 10.3. The molecule has 1 N–H and O–H groups in total. The van der Waals surface area contributed by atoms with Gasteiger partial charge in [0.1, 0.15) is 6.54 Å². The number of hydrogen-bond acceptors (Lipinski definition) is 4. The summed E-state index contributed by atoms with van der Waals surface area (Å²) < 4.78 is 0. The number of hydrogen-bond donors (Lipinski definition) is 1. The quantitative estimate of drug-likeness (QED) is 0.890. The highest BCUT2D eigenvalue weighted by Crippen LogP contribution is 2.16. The van der Waals surface area contributed by atoms with Crippen molar-refractivity contribution in [3.8, 4) is 0 Å². The van der Waals surface area contributed by atoms with Crippen LogP contribution in [0.1, 0.15) is 17.1 Å². The van der Waals surface area contributed by atoms with Crippen LogP contribution < -0.4 is 4.90 Å². The van der Waals surface area contributed by atoms with Crippen LogP contribution in [0, 0.1) is 6.92 Å². The van der Waals surface area contributed by atoms with Gasteiger partial charge in [0.15, 0.2) is 0 Å². The Morgan fingerprint density at radius 2 is 2.00 bits per heavy atom. The van der Waals surface area contributed by atoms with Crippen molar-refractivity contribution >= 4 is 28.9 Å². The van der Waals surface area contributed by atoms with Gasteiger partial charge in [0.2, 0.25) is 5.91 Å². The van der Waals surface area contributed by atoms with E-state index in [4.69, 9.17) is 5.11 Å². The molecule has 0 saturated heterocycles. The molecule has 5 nitrogen and oxygen atoms in total. The summed E-state index contributed by atoms with van der Waals surface area (Å²) in [6, 6.07) is 8.84. The second-order valence-corrected chi connectivity index (χ2v) is 5.53. The molecule has 1 aromatic carbocycles. The van der Waals surface area contributed by atoms with Gasteiger partial charge in [-0.05, 0) is 19.1 Å². The van der Waals surface area contributed by atoms with Crippen LogP contribution >= 0.6 is 11.3 Å². The number of aliphatic carboxylic acids is 1. The summed E-state index contributed by atoms with van der Waals surface area (Å²) in [5, 5.41) is 11.8. The first-order valence-electron chi connectivity index (χ1n) is 6.54. The monoisotopic (exact) mass is 304 g/mol. The van der Waals surface area contributed by atoms with E-state index in [9.17, 15) is 9.59 Å². The van der Waals surface area contributed by atoms with Crippen molar-refractivity contribution in [3.63, 3.8) is 0 Å². The Bertz CT molecular complexity index is 625. The molecule has 0 bridgehead atoms. The molecule has 1 aromatic heterocycles. The standard InChI is InChI=1S/C15H16N2O3S/c1-11-10-21-13(16-11)7-8-14(18)17(9-15(19)20)12-5-3-2-4-6-12/h2-6,10H,7-9H2,1H3,(H,19,20). The van der Waals surface area contributed by atoms with E-state index in [1.165, 1.54) is 16.2 Å². The molecule has 0 saturated carbocycles. The highest BCUT2D eigenvalue weighted by atomic mass is 32.1. The van der Waals surface area contributed by atoms with E-state index in [2.05, 4.69) is 4.98 Å². The van der Waals surface area contributed by atoms with E-state index in [0.717, 1.165) is 10.7 Å². The molecule has 2 aromatic rings. The van der Waals surface area contributed by atoms with E-state index < -0.39 is 5.97 Å². The molecule has 0 radical (unpaired) electrons. The number of carbonyl (C=O) groups is 2. The van der Waals surface area contributed by atoms with E-state index in [1.54, 1.807) is 24.3 Å². The fourth-order valence-electron chi connectivity index (χ4n) is 1.93. The second-order valence-electron chi connectivity index (χ2n) is 4.59. The van der Waals surface area contributed by atoms with Gasteiger partial charge in [-0.15, -0.1) is 11.3 Å². The lowest BCUT2D eigenvalue weighted by Gasteiger charge is -2.20. The highest BCUT2D eigenvalue weighted by Gasteiger charge is 2.18. The Balaban J connectivity index is 2.05. The SMILES string of the molecule is Cc1csc(CCC(=O)N(CC(=O)O)c2ccccc2)n1. The second kappa shape index (κ2) is 6.99. The number of para-hydroxylation sites is 1. The number of carbonyl (C=O) groups excluding carboxylic acids is 1. The lowest BCUT2D eigenvalue weighted by molar-refractivity contribution is -0.136.